The van der Waals surface area contributed by atoms with Crippen molar-refractivity contribution in [1.29, 1.82) is 0 Å². The van der Waals surface area contributed by atoms with Crippen LogP contribution in [-0.4, -0.2) is 29.9 Å². The number of rotatable bonds is 2. The van der Waals surface area contributed by atoms with Gasteiger partial charge in [0.25, 0.3) is 0 Å². The van der Waals surface area contributed by atoms with Crippen LogP contribution in [0.5, 0.6) is 0 Å². The zero-order chi connectivity index (χ0) is 9.97. The van der Waals surface area contributed by atoms with Crippen LogP contribution in [0.2, 0.25) is 11.6 Å². The molecule has 2 rings (SSSR count). The van der Waals surface area contributed by atoms with Crippen molar-refractivity contribution in [3.63, 3.8) is 0 Å². The first-order valence-corrected chi connectivity index (χ1v) is 9.60. The molecule has 0 unspecified atom stereocenters. The molecule has 0 nitrogen and oxygen atoms in total. The summed E-state index contributed by atoms with van der Waals surface area (Å²) in [6.45, 7) is 0. The quantitative estimate of drug-likeness (QED) is 0.739. The summed E-state index contributed by atoms with van der Waals surface area (Å²) in [7, 11) is 0. The van der Waals surface area contributed by atoms with E-state index in [1.165, 1.54) is 10.8 Å². The molecule has 2 aromatic carbocycles. The van der Waals surface area contributed by atoms with Crippen LogP contribution < -0.4 is 8.92 Å². The predicted octanol–water partition coefficient (Wildman–Crippen LogP) is 1.59. The number of hydrogen-bond donors (Lipinski definition) is 0. The van der Waals surface area contributed by atoms with Gasteiger partial charge in [0, 0.05) is 0 Å². The molecule has 0 saturated heterocycles. The second-order valence-corrected chi connectivity index (χ2v) is 6.58. The van der Waals surface area contributed by atoms with E-state index < -0.39 is 0 Å². The topological polar surface area (TPSA) is 0 Å². The average molecular weight is 314 g/mol. The fraction of sp³-hybridized carbons (Fsp3) is 0.167. The molecule has 0 amide bonds. The normalized spacial score (nSPS) is 10.7. The van der Waals surface area contributed by atoms with Crippen LogP contribution >= 0.6 is 0 Å². The van der Waals surface area contributed by atoms with Gasteiger partial charge in [0.1, 0.15) is 0 Å². The Hall–Kier alpha value is -0.261. The van der Waals surface area contributed by atoms with E-state index in [4.69, 9.17) is 0 Å². The first kappa shape index (κ1) is 10.3. The third-order valence-electron chi connectivity index (χ3n) is 2.27. The van der Waals surface area contributed by atoms with Crippen molar-refractivity contribution in [3.05, 3.63) is 36.4 Å². The fourth-order valence-corrected chi connectivity index (χ4v) is 4.65. The summed E-state index contributed by atoms with van der Waals surface area (Å²) in [5, 5.41) is 2.94. The molecule has 0 aromatic heterocycles. The van der Waals surface area contributed by atoms with E-state index in [0.717, 1.165) is 0 Å². The van der Waals surface area contributed by atoms with Gasteiger partial charge in [0.2, 0.25) is 0 Å². The van der Waals surface area contributed by atoms with Gasteiger partial charge < -0.3 is 0 Å². The minimum absolute atomic E-state index is 0.598. The molecule has 0 aliphatic carbocycles. The Labute approximate surface area is 97.4 Å². The fourth-order valence-electron chi connectivity index (χ4n) is 1.61. The summed E-state index contributed by atoms with van der Waals surface area (Å²) < 4.78 is 3.10. The van der Waals surface area contributed by atoms with Crippen molar-refractivity contribution in [2.75, 3.05) is 0 Å². The van der Waals surface area contributed by atoms with E-state index in [1.54, 1.807) is 8.92 Å². The molecule has 2 aromatic rings. The third kappa shape index (κ3) is 1.76. The SMILES string of the molecule is C[Se]c1cccc2cccc([Se]C)c12. The Morgan fingerprint density at radius 2 is 1.29 bits per heavy atom. The van der Waals surface area contributed by atoms with Gasteiger partial charge >= 0.3 is 97.7 Å². The molecular formula is C12H12Se2. The van der Waals surface area contributed by atoms with Crippen LogP contribution in [0.15, 0.2) is 36.4 Å². The number of hydrogen-bond acceptors (Lipinski definition) is 0. The maximum absolute atomic E-state index is 2.29. The molecule has 0 radical (unpaired) electrons. The molecule has 0 saturated carbocycles. The van der Waals surface area contributed by atoms with Gasteiger partial charge in [-0.15, -0.1) is 0 Å². The van der Waals surface area contributed by atoms with Crippen molar-refractivity contribution < 1.29 is 0 Å². The van der Waals surface area contributed by atoms with Gasteiger partial charge in [-0.25, -0.2) is 0 Å². The molecule has 14 heavy (non-hydrogen) atoms. The second kappa shape index (κ2) is 4.51. The molecule has 0 spiro atoms. The van der Waals surface area contributed by atoms with Gasteiger partial charge in [-0.05, 0) is 0 Å². The van der Waals surface area contributed by atoms with Crippen molar-refractivity contribution in [2.24, 2.45) is 0 Å². The van der Waals surface area contributed by atoms with Gasteiger partial charge in [0.05, 0.1) is 0 Å². The van der Waals surface area contributed by atoms with Gasteiger partial charge in [-0.3, -0.25) is 0 Å². The second-order valence-electron chi connectivity index (χ2n) is 3.02. The predicted molar refractivity (Wildman–Crippen MR) is 66.5 cm³/mol. The molecule has 72 valence electrons. The van der Waals surface area contributed by atoms with Crippen LogP contribution in [0.25, 0.3) is 10.8 Å². The van der Waals surface area contributed by atoms with Crippen LogP contribution in [-0.2, 0) is 0 Å². The summed E-state index contributed by atoms with van der Waals surface area (Å²) in [5.41, 5.74) is 0. The minimum atomic E-state index is 0.598. The summed E-state index contributed by atoms with van der Waals surface area (Å²) in [4.78, 5) is 0. The van der Waals surface area contributed by atoms with Crippen LogP contribution in [0.3, 0.4) is 0 Å². The first-order chi connectivity index (χ1) is 6.86. The van der Waals surface area contributed by atoms with Crippen molar-refractivity contribution in [3.8, 4) is 0 Å². The molecule has 0 fully saturated rings. The Kier molecular flexibility index (Phi) is 3.30. The number of fused-ring (bicyclic) bond motifs is 1. The van der Waals surface area contributed by atoms with E-state index in [1.807, 2.05) is 0 Å². The molecule has 2 heteroatoms. The van der Waals surface area contributed by atoms with Gasteiger partial charge in [-0.1, -0.05) is 0 Å². The molecular weight excluding hydrogens is 302 g/mol. The summed E-state index contributed by atoms with van der Waals surface area (Å²) >= 11 is 1.20. The Morgan fingerprint density at radius 3 is 1.71 bits per heavy atom. The Morgan fingerprint density at radius 1 is 0.786 bits per heavy atom. The van der Waals surface area contributed by atoms with E-state index in [-0.39, 0.29) is 0 Å². The Bertz CT molecular complexity index is 410. The molecule has 0 atom stereocenters. The van der Waals surface area contributed by atoms with E-state index in [0.29, 0.717) is 29.9 Å². The van der Waals surface area contributed by atoms with E-state index in [9.17, 15) is 0 Å². The maximum atomic E-state index is 2.29. The van der Waals surface area contributed by atoms with Crippen LogP contribution in [0, 0.1) is 0 Å². The van der Waals surface area contributed by atoms with Gasteiger partial charge in [-0.2, -0.15) is 0 Å². The van der Waals surface area contributed by atoms with Crippen LogP contribution in [0.1, 0.15) is 0 Å². The van der Waals surface area contributed by atoms with Gasteiger partial charge in [0.15, 0.2) is 0 Å². The Balaban J connectivity index is 2.81. The van der Waals surface area contributed by atoms with Crippen molar-refractivity contribution in [1.82, 2.24) is 0 Å². The standard InChI is InChI=1S/C12H12Se2/c1-13-10-7-3-5-9-6-4-8-11(14-2)12(9)10/h3-8H,1-2H3. The summed E-state index contributed by atoms with van der Waals surface area (Å²) in [6, 6.07) is 13.3. The summed E-state index contributed by atoms with van der Waals surface area (Å²) in [6.07, 6.45) is 0. The molecule has 0 heterocycles. The average Bonchev–Trinajstić information content (AvgIpc) is 2.27. The number of benzene rings is 2. The van der Waals surface area contributed by atoms with E-state index in [2.05, 4.69) is 48.0 Å². The third-order valence-corrected chi connectivity index (χ3v) is 5.54. The van der Waals surface area contributed by atoms with Crippen LogP contribution in [0.4, 0.5) is 0 Å². The summed E-state index contributed by atoms with van der Waals surface area (Å²) in [5.74, 6) is 4.59. The first-order valence-electron chi connectivity index (χ1n) is 4.46. The van der Waals surface area contributed by atoms with Crippen molar-refractivity contribution >= 4 is 49.6 Å². The molecule has 0 N–H and O–H groups in total. The zero-order valence-electron chi connectivity index (χ0n) is 8.28. The molecule has 0 aliphatic rings. The monoisotopic (exact) mass is 316 g/mol. The molecule has 0 bridgehead atoms. The van der Waals surface area contributed by atoms with Crippen molar-refractivity contribution in [2.45, 2.75) is 11.6 Å². The molecule has 0 aliphatic heterocycles. The van der Waals surface area contributed by atoms with E-state index >= 15 is 0 Å². The zero-order valence-corrected chi connectivity index (χ0v) is 11.7.